The van der Waals surface area contributed by atoms with Gasteiger partial charge in [0.05, 0.1) is 5.60 Å². The van der Waals surface area contributed by atoms with Gasteiger partial charge in [0.15, 0.2) is 0 Å². The Kier molecular flexibility index (Phi) is 5.19. The molecule has 0 aromatic heterocycles. The van der Waals surface area contributed by atoms with E-state index in [2.05, 4.69) is 23.8 Å². The second-order valence-electron chi connectivity index (χ2n) is 6.29. The Morgan fingerprint density at radius 3 is 2.60 bits per heavy atom. The van der Waals surface area contributed by atoms with E-state index in [0.717, 1.165) is 31.6 Å². The minimum Gasteiger partial charge on any atom is -0.384 e. The highest BCUT2D eigenvalue weighted by atomic mass is 16.3. The first-order valence-electron chi connectivity index (χ1n) is 7.73. The van der Waals surface area contributed by atoms with Crippen molar-refractivity contribution in [3.8, 4) is 0 Å². The molecule has 1 aliphatic heterocycles. The Hall–Kier alpha value is -0.900. The standard InChI is InChI=1S/C17H28N2O/c1-4-16-13-18(3)11-8-12-19(16)14-17(2,20)15-9-6-5-7-10-15/h5-7,9-10,16,20H,4,8,11-14H2,1-3H3. The fraction of sp³-hybridized carbons (Fsp3) is 0.647. The fourth-order valence-corrected chi connectivity index (χ4v) is 3.17. The van der Waals surface area contributed by atoms with Crippen LogP contribution in [0.4, 0.5) is 0 Å². The van der Waals surface area contributed by atoms with Gasteiger partial charge in [-0.05, 0) is 45.5 Å². The molecule has 0 radical (unpaired) electrons. The highest BCUT2D eigenvalue weighted by molar-refractivity contribution is 5.21. The molecule has 0 bridgehead atoms. The maximum Gasteiger partial charge on any atom is 0.0994 e. The lowest BCUT2D eigenvalue weighted by atomic mass is 9.94. The molecule has 0 aliphatic carbocycles. The van der Waals surface area contributed by atoms with E-state index in [1.165, 1.54) is 6.42 Å². The van der Waals surface area contributed by atoms with Crippen LogP contribution in [0, 0.1) is 0 Å². The van der Waals surface area contributed by atoms with E-state index in [0.29, 0.717) is 12.6 Å². The number of hydrogen-bond acceptors (Lipinski definition) is 3. The molecule has 1 aromatic rings. The van der Waals surface area contributed by atoms with Gasteiger partial charge < -0.3 is 10.0 Å². The van der Waals surface area contributed by atoms with Gasteiger partial charge in [-0.2, -0.15) is 0 Å². The van der Waals surface area contributed by atoms with E-state index in [-0.39, 0.29) is 0 Å². The average molecular weight is 276 g/mol. The molecule has 20 heavy (non-hydrogen) atoms. The van der Waals surface area contributed by atoms with Gasteiger partial charge in [-0.3, -0.25) is 4.90 Å². The number of rotatable bonds is 4. The van der Waals surface area contributed by atoms with E-state index in [1.807, 2.05) is 37.3 Å². The van der Waals surface area contributed by atoms with Crippen LogP contribution in [0.25, 0.3) is 0 Å². The van der Waals surface area contributed by atoms with Crippen LogP contribution in [0.1, 0.15) is 32.3 Å². The number of likely N-dealkylation sites (N-methyl/N-ethyl adjacent to an activating group) is 1. The van der Waals surface area contributed by atoms with Crippen molar-refractivity contribution in [2.45, 2.75) is 38.3 Å². The predicted octanol–water partition coefficient (Wildman–Crippen LogP) is 2.31. The molecule has 2 rings (SSSR count). The topological polar surface area (TPSA) is 26.7 Å². The van der Waals surface area contributed by atoms with Crippen LogP contribution < -0.4 is 0 Å². The summed E-state index contributed by atoms with van der Waals surface area (Å²) in [5.74, 6) is 0. The summed E-state index contributed by atoms with van der Waals surface area (Å²) in [5, 5.41) is 10.9. The lowest BCUT2D eigenvalue weighted by Crippen LogP contribution is -2.46. The Bertz CT molecular complexity index is 405. The normalized spacial score (nSPS) is 25.1. The molecule has 112 valence electrons. The van der Waals surface area contributed by atoms with E-state index >= 15 is 0 Å². The predicted molar refractivity (Wildman–Crippen MR) is 83.8 cm³/mol. The van der Waals surface area contributed by atoms with Crippen LogP contribution >= 0.6 is 0 Å². The number of aliphatic hydroxyl groups is 1. The van der Waals surface area contributed by atoms with Gasteiger partial charge >= 0.3 is 0 Å². The van der Waals surface area contributed by atoms with Gasteiger partial charge in [0, 0.05) is 19.1 Å². The third-order valence-corrected chi connectivity index (χ3v) is 4.40. The molecule has 0 spiro atoms. The first-order valence-corrected chi connectivity index (χ1v) is 7.73. The van der Waals surface area contributed by atoms with Gasteiger partial charge in [-0.15, -0.1) is 0 Å². The first kappa shape index (κ1) is 15.5. The van der Waals surface area contributed by atoms with Gasteiger partial charge in [0.1, 0.15) is 0 Å². The summed E-state index contributed by atoms with van der Waals surface area (Å²) < 4.78 is 0. The van der Waals surface area contributed by atoms with Gasteiger partial charge in [0.25, 0.3) is 0 Å². The molecular formula is C17H28N2O. The Balaban J connectivity index is 2.10. The number of benzene rings is 1. The zero-order valence-corrected chi connectivity index (χ0v) is 13.0. The smallest absolute Gasteiger partial charge is 0.0994 e. The molecule has 3 heteroatoms. The van der Waals surface area contributed by atoms with Crippen molar-refractivity contribution in [2.75, 3.05) is 33.2 Å². The quantitative estimate of drug-likeness (QED) is 0.914. The molecule has 2 atom stereocenters. The average Bonchev–Trinajstić information content (AvgIpc) is 2.61. The van der Waals surface area contributed by atoms with E-state index in [1.54, 1.807) is 0 Å². The highest BCUT2D eigenvalue weighted by Crippen LogP contribution is 2.24. The Labute approximate surface area is 123 Å². The van der Waals surface area contributed by atoms with E-state index in [4.69, 9.17) is 0 Å². The zero-order valence-electron chi connectivity index (χ0n) is 13.0. The summed E-state index contributed by atoms with van der Waals surface area (Å²) in [7, 11) is 2.20. The van der Waals surface area contributed by atoms with Crippen LogP contribution in [0.15, 0.2) is 30.3 Å². The molecular weight excluding hydrogens is 248 g/mol. The summed E-state index contributed by atoms with van der Waals surface area (Å²) in [4.78, 5) is 4.88. The second kappa shape index (κ2) is 6.70. The van der Waals surface area contributed by atoms with E-state index < -0.39 is 5.60 Å². The maximum atomic E-state index is 10.9. The maximum absolute atomic E-state index is 10.9. The molecule has 1 aromatic carbocycles. The van der Waals surface area contributed by atoms with Crippen LogP contribution in [0.3, 0.4) is 0 Å². The van der Waals surface area contributed by atoms with Crippen molar-refractivity contribution in [1.29, 1.82) is 0 Å². The fourth-order valence-electron chi connectivity index (χ4n) is 3.17. The molecule has 1 fully saturated rings. The molecule has 1 heterocycles. The second-order valence-corrected chi connectivity index (χ2v) is 6.29. The van der Waals surface area contributed by atoms with Crippen LogP contribution in [-0.2, 0) is 5.60 Å². The lowest BCUT2D eigenvalue weighted by molar-refractivity contribution is 0.00213. The van der Waals surface area contributed by atoms with Crippen LogP contribution in [-0.4, -0.2) is 54.2 Å². The minimum atomic E-state index is -0.780. The first-order chi connectivity index (χ1) is 9.53. The van der Waals surface area contributed by atoms with Crippen molar-refractivity contribution >= 4 is 0 Å². The molecule has 1 N–H and O–H groups in total. The Morgan fingerprint density at radius 2 is 1.95 bits per heavy atom. The van der Waals surface area contributed by atoms with Crippen molar-refractivity contribution in [1.82, 2.24) is 9.80 Å². The number of β-amino-alcohol motifs (C(OH)–C–C–N with tert-alkyl or cyclic N) is 1. The van der Waals surface area contributed by atoms with Crippen LogP contribution in [0.2, 0.25) is 0 Å². The van der Waals surface area contributed by atoms with Crippen molar-refractivity contribution in [3.63, 3.8) is 0 Å². The van der Waals surface area contributed by atoms with Gasteiger partial charge in [-0.25, -0.2) is 0 Å². The zero-order chi connectivity index (χ0) is 14.6. The van der Waals surface area contributed by atoms with Crippen LogP contribution in [0.5, 0.6) is 0 Å². The summed E-state index contributed by atoms with van der Waals surface area (Å²) >= 11 is 0. The summed E-state index contributed by atoms with van der Waals surface area (Å²) in [6.07, 6.45) is 2.31. The molecule has 2 unspecified atom stereocenters. The lowest BCUT2D eigenvalue weighted by Gasteiger charge is -2.36. The number of hydrogen-bond donors (Lipinski definition) is 1. The molecule has 1 aliphatic rings. The van der Waals surface area contributed by atoms with Gasteiger partial charge in [-0.1, -0.05) is 37.3 Å². The summed E-state index contributed by atoms with van der Waals surface area (Å²) in [6.45, 7) is 8.22. The van der Waals surface area contributed by atoms with Crippen molar-refractivity contribution < 1.29 is 5.11 Å². The number of nitrogens with zero attached hydrogens (tertiary/aromatic N) is 2. The van der Waals surface area contributed by atoms with Gasteiger partial charge in [0.2, 0.25) is 0 Å². The van der Waals surface area contributed by atoms with Crippen molar-refractivity contribution in [3.05, 3.63) is 35.9 Å². The third-order valence-electron chi connectivity index (χ3n) is 4.40. The molecule has 3 nitrogen and oxygen atoms in total. The van der Waals surface area contributed by atoms with E-state index in [9.17, 15) is 5.11 Å². The summed E-state index contributed by atoms with van der Waals surface area (Å²) in [6, 6.07) is 10.6. The molecule has 1 saturated heterocycles. The Morgan fingerprint density at radius 1 is 1.25 bits per heavy atom. The highest BCUT2D eigenvalue weighted by Gasteiger charge is 2.30. The SMILES string of the molecule is CCC1CN(C)CCCN1CC(C)(O)c1ccccc1. The minimum absolute atomic E-state index is 0.540. The molecule has 0 saturated carbocycles. The third kappa shape index (κ3) is 3.81. The molecule has 0 amide bonds. The van der Waals surface area contributed by atoms with Crippen molar-refractivity contribution in [2.24, 2.45) is 0 Å². The largest absolute Gasteiger partial charge is 0.384 e. The summed E-state index contributed by atoms with van der Waals surface area (Å²) in [5.41, 5.74) is 0.227. The monoisotopic (exact) mass is 276 g/mol.